The normalized spacial score (nSPS) is 16.2. The molecule has 0 saturated carbocycles. The Balaban J connectivity index is 1.45. The largest absolute Gasteiger partial charge is 0.379 e. The van der Waals surface area contributed by atoms with E-state index in [1.807, 2.05) is 10.6 Å². The molecule has 23 heavy (non-hydrogen) atoms. The van der Waals surface area contributed by atoms with E-state index in [0.717, 1.165) is 61.5 Å². The van der Waals surface area contributed by atoms with Gasteiger partial charge in [-0.1, -0.05) is 41.7 Å². The van der Waals surface area contributed by atoms with Crippen LogP contribution >= 0.6 is 11.3 Å². The Morgan fingerprint density at radius 2 is 1.87 bits per heavy atom. The Hall–Kier alpha value is -1.83. The van der Waals surface area contributed by atoms with Gasteiger partial charge in [-0.15, -0.1) is 10.2 Å². The summed E-state index contributed by atoms with van der Waals surface area (Å²) in [5.41, 5.74) is 1.34. The van der Waals surface area contributed by atoms with Crippen LogP contribution < -0.4 is 0 Å². The van der Waals surface area contributed by atoms with Crippen LogP contribution in [0.2, 0.25) is 0 Å². The first-order valence-corrected chi connectivity index (χ1v) is 8.74. The third kappa shape index (κ3) is 3.41. The van der Waals surface area contributed by atoms with Crippen molar-refractivity contribution in [2.75, 3.05) is 26.3 Å². The first-order chi connectivity index (χ1) is 11.4. The number of aryl methyl sites for hydroxylation is 2. The molecule has 0 unspecified atom stereocenters. The fraction of sp³-hybridized carbons (Fsp3) is 0.438. The Morgan fingerprint density at radius 1 is 1.04 bits per heavy atom. The minimum atomic E-state index is 0.784. The Labute approximate surface area is 138 Å². The average molecular weight is 329 g/mol. The van der Waals surface area contributed by atoms with Crippen molar-refractivity contribution in [1.82, 2.24) is 24.7 Å². The highest BCUT2D eigenvalue weighted by molar-refractivity contribution is 7.16. The van der Waals surface area contributed by atoms with Crippen LogP contribution in [-0.4, -0.2) is 51.0 Å². The van der Waals surface area contributed by atoms with Crippen LogP contribution in [-0.2, 0) is 24.1 Å². The first-order valence-electron chi connectivity index (χ1n) is 7.92. The lowest BCUT2D eigenvalue weighted by Gasteiger charge is -2.25. The van der Waals surface area contributed by atoms with Crippen molar-refractivity contribution in [3.05, 3.63) is 46.7 Å². The Morgan fingerprint density at radius 3 is 2.70 bits per heavy atom. The molecule has 1 aromatic carbocycles. The maximum atomic E-state index is 5.39. The molecule has 6 nitrogen and oxygen atoms in total. The number of benzene rings is 1. The summed E-state index contributed by atoms with van der Waals surface area (Å²) in [6.45, 7) is 4.26. The molecule has 2 aromatic heterocycles. The Kier molecular flexibility index (Phi) is 4.32. The van der Waals surface area contributed by atoms with E-state index in [9.17, 15) is 0 Å². The van der Waals surface area contributed by atoms with E-state index in [4.69, 9.17) is 9.84 Å². The quantitative estimate of drug-likeness (QED) is 0.714. The van der Waals surface area contributed by atoms with Crippen molar-refractivity contribution in [1.29, 1.82) is 0 Å². The lowest BCUT2D eigenvalue weighted by atomic mass is 10.1. The molecule has 0 amide bonds. The van der Waals surface area contributed by atoms with Crippen LogP contribution in [0.1, 0.15) is 16.4 Å². The molecule has 1 aliphatic heterocycles. The molecular weight excluding hydrogens is 310 g/mol. The number of aromatic nitrogens is 4. The van der Waals surface area contributed by atoms with Crippen LogP contribution in [0.5, 0.6) is 0 Å². The third-order valence-electron chi connectivity index (χ3n) is 4.04. The number of morpholine rings is 1. The second kappa shape index (κ2) is 6.74. The highest BCUT2D eigenvalue weighted by Crippen LogP contribution is 2.17. The fourth-order valence-corrected chi connectivity index (χ4v) is 3.60. The standard InChI is InChI=1S/C16H19N5OS/c1-2-4-13(5-3-1)6-7-15-19-21-14(17-18-16(21)23-15)12-20-8-10-22-11-9-20/h1-5H,6-12H2. The zero-order valence-corrected chi connectivity index (χ0v) is 13.7. The highest BCUT2D eigenvalue weighted by Gasteiger charge is 2.17. The highest BCUT2D eigenvalue weighted by atomic mass is 32.1. The summed E-state index contributed by atoms with van der Waals surface area (Å²) >= 11 is 1.63. The van der Waals surface area contributed by atoms with Gasteiger partial charge in [-0.25, -0.2) is 0 Å². The molecule has 120 valence electrons. The summed E-state index contributed by atoms with van der Waals surface area (Å²) in [7, 11) is 0. The van der Waals surface area contributed by atoms with E-state index in [2.05, 4.69) is 39.4 Å². The van der Waals surface area contributed by atoms with Gasteiger partial charge in [0.15, 0.2) is 5.82 Å². The molecule has 0 spiro atoms. The van der Waals surface area contributed by atoms with Crippen molar-refractivity contribution in [2.45, 2.75) is 19.4 Å². The van der Waals surface area contributed by atoms with E-state index >= 15 is 0 Å². The number of hydrogen-bond acceptors (Lipinski definition) is 6. The number of ether oxygens (including phenoxy) is 1. The molecular formula is C16H19N5OS. The minimum absolute atomic E-state index is 0.784. The molecule has 0 N–H and O–H groups in total. The molecule has 7 heteroatoms. The van der Waals surface area contributed by atoms with Crippen molar-refractivity contribution in [3.8, 4) is 0 Å². The van der Waals surface area contributed by atoms with Crippen molar-refractivity contribution < 1.29 is 4.74 Å². The van der Waals surface area contributed by atoms with E-state index in [1.165, 1.54) is 5.56 Å². The summed E-state index contributed by atoms with van der Waals surface area (Å²) in [4.78, 5) is 3.22. The summed E-state index contributed by atoms with van der Waals surface area (Å²) < 4.78 is 7.29. The van der Waals surface area contributed by atoms with Gasteiger partial charge in [-0.3, -0.25) is 4.90 Å². The molecule has 4 rings (SSSR count). The number of nitrogens with zero attached hydrogens (tertiary/aromatic N) is 5. The van der Waals surface area contributed by atoms with Crippen LogP contribution in [0.25, 0.3) is 4.96 Å². The third-order valence-corrected chi connectivity index (χ3v) is 4.99. The molecule has 0 atom stereocenters. The maximum Gasteiger partial charge on any atom is 0.234 e. The second-order valence-electron chi connectivity index (χ2n) is 5.68. The van der Waals surface area contributed by atoms with E-state index in [1.54, 1.807) is 11.3 Å². The topological polar surface area (TPSA) is 55.5 Å². The number of rotatable bonds is 5. The summed E-state index contributed by atoms with van der Waals surface area (Å²) in [6, 6.07) is 10.5. The average Bonchev–Trinajstić information content (AvgIpc) is 3.17. The summed E-state index contributed by atoms with van der Waals surface area (Å²) in [6.07, 6.45) is 1.94. The minimum Gasteiger partial charge on any atom is -0.379 e. The molecule has 0 radical (unpaired) electrons. The van der Waals surface area contributed by atoms with Crippen LogP contribution in [0.4, 0.5) is 0 Å². The molecule has 3 aromatic rings. The van der Waals surface area contributed by atoms with E-state index in [0.29, 0.717) is 0 Å². The van der Waals surface area contributed by atoms with E-state index in [-0.39, 0.29) is 0 Å². The number of fused-ring (bicyclic) bond motifs is 1. The van der Waals surface area contributed by atoms with Gasteiger partial charge in [-0.05, 0) is 12.0 Å². The smallest absolute Gasteiger partial charge is 0.234 e. The second-order valence-corrected chi connectivity index (χ2v) is 6.72. The SMILES string of the molecule is c1ccc(CCc2nn3c(CN4CCOCC4)nnc3s2)cc1. The van der Waals surface area contributed by atoms with Crippen molar-refractivity contribution in [2.24, 2.45) is 0 Å². The van der Waals surface area contributed by atoms with Gasteiger partial charge < -0.3 is 4.74 Å². The zero-order valence-electron chi connectivity index (χ0n) is 12.9. The predicted molar refractivity (Wildman–Crippen MR) is 88.6 cm³/mol. The molecule has 0 bridgehead atoms. The first kappa shape index (κ1) is 14.7. The lowest BCUT2D eigenvalue weighted by Crippen LogP contribution is -2.36. The molecule has 3 heterocycles. The summed E-state index contributed by atoms with van der Waals surface area (Å²) in [5, 5.41) is 14.4. The van der Waals surface area contributed by atoms with Gasteiger partial charge >= 0.3 is 0 Å². The molecule has 1 saturated heterocycles. The van der Waals surface area contributed by atoms with Gasteiger partial charge in [0.2, 0.25) is 4.96 Å². The van der Waals surface area contributed by atoms with Crippen molar-refractivity contribution in [3.63, 3.8) is 0 Å². The molecule has 0 aliphatic carbocycles. The van der Waals surface area contributed by atoms with Gasteiger partial charge in [-0.2, -0.15) is 9.61 Å². The van der Waals surface area contributed by atoms with Crippen LogP contribution in [0, 0.1) is 0 Å². The van der Waals surface area contributed by atoms with Crippen LogP contribution in [0.3, 0.4) is 0 Å². The van der Waals surface area contributed by atoms with Gasteiger partial charge in [0.25, 0.3) is 0 Å². The van der Waals surface area contributed by atoms with Gasteiger partial charge in [0.1, 0.15) is 5.01 Å². The fourth-order valence-electron chi connectivity index (χ4n) is 2.75. The van der Waals surface area contributed by atoms with Crippen LogP contribution in [0.15, 0.2) is 30.3 Å². The van der Waals surface area contributed by atoms with Crippen molar-refractivity contribution >= 4 is 16.3 Å². The molecule has 1 fully saturated rings. The predicted octanol–water partition coefficient (Wildman–Crippen LogP) is 1.80. The van der Waals surface area contributed by atoms with Gasteiger partial charge in [0, 0.05) is 19.5 Å². The van der Waals surface area contributed by atoms with Gasteiger partial charge in [0.05, 0.1) is 19.8 Å². The molecule has 1 aliphatic rings. The lowest BCUT2D eigenvalue weighted by molar-refractivity contribution is 0.0328. The zero-order chi connectivity index (χ0) is 15.5. The monoisotopic (exact) mass is 329 g/mol. The number of hydrogen-bond donors (Lipinski definition) is 0. The van der Waals surface area contributed by atoms with E-state index < -0.39 is 0 Å². The maximum absolute atomic E-state index is 5.39. The Bertz CT molecular complexity index is 763. The summed E-state index contributed by atoms with van der Waals surface area (Å²) in [5.74, 6) is 0.920.